The minimum atomic E-state index is -3.60. The van der Waals surface area contributed by atoms with E-state index >= 15 is 0 Å². The number of amides is 1. The fraction of sp³-hybridized carbons (Fsp3) is 0.667. The molecule has 0 atom stereocenters. The van der Waals surface area contributed by atoms with Gasteiger partial charge in [-0.3, -0.25) is 4.79 Å². The molecule has 8 heteroatoms. The Morgan fingerprint density at radius 1 is 1.26 bits per heavy atom. The Kier molecular flexibility index (Phi) is 7.66. The van der Waals surface area contributed by atoms with E-state index in [9.17, 15) is 13.2 Å². The molecular formula is C15H27N3O3S2. The lowest BCUT2D eigenvalue weighted by atomic mass is 10.1. The molecule has 0 aliphatic heterocycles. The molecule has 1 heterocycles. The van der Waals surface area contributed by atoms with Gasteiger partial charge in [-0.2, -0.15) is 0 Å². The van der Waals surface area contributed by atoms with Gasteiger partial charge in [-0.1, -0.05) is 27.7 Å². The van der Waals surface area contributed by atoms with Gasteiger partial charge in [0.2, 0.25) is 10.0 Å². The van der Waals surface area contributed by atoms with Crippen LogP contribution in [0.25, 0.3) is 0 Å². The van der Waals surface area contributed by atoms with Crippen LogP contribution >= 0.6 is 11.3 Å². The van der Waals surface area contributed by atoms with Gasteiger partial charge in [0.15, 0.2) is 0 Å². The molecule has 23 heavy (non-hydrogen) atoms. The number of nitrogens with two attached hydrogens (primary N) is 1. The Hall–Kier alpha value is -0.960. The lowest BCUT2D eigenvalue weighted by Crippen LogP contribution is -2.38. The van der Waals surface area contributed by atoms with E-state index in [-0.39, 0.29) is 9.77 Å². The molecule has 0 aromatic carbocycles. The average Bonchev–Trinajstić information content (AvgIpc) is 2.87. The van der Waals surface area contributed by atoms with E-state index < -0.39 is 15.9 Å². The summed E-state index contributed by atoms with van der Waals surface area (Å²) in [7, 11) is -3.60. The first-order chi connectivity index (χ1) is 10.6. The van der Waals surface area contributed by atoms with Gasteiger partial charge >= 0.3 is 0 Å². The highest BCUT2D eigenvalue weighted by atomic mass is 32.2. The molecule has 0 aliphatic carbocycles. The first kappa shape index (κ1) is 20.1. The van der Waals surface area contributed by atoms with Crippen molar-refractivity contribution in [3.05, 3.63) is 16.3 Å². The molecule has 1 aromatic rings. The summed E-state index contributed by atoms with van der Waals surface area (Å²) in [6, 6.07) is 1.31. The third-order valence-corrected chi connectivity index (χ3v) is 5.63. The highest BCUT2D eigenvalue weighted by molar-refractivity contribution is 7.89. The zero-order valence-electron chi connectivity index (χ0n) is 14.2. The number of nitrogens with one attached hydrogen (secondary N) is 1. The SMILES string of the molecule is CC(C)CN(CCNS(=O)(=O)c1csc(C(N)=O)c1)CC(C)C. The largest absolute Gasteiger partial charge is 0.365 e. The first-order valence-corrected chi connectivity index (χ1v) is 10.1. The van der Waals surface area contributed by atoms with Crippen molar-refractivity contribution in [2.75, 3.05) is 26.2 Å². The number of hydrogen-bond donors (Lipinski definition) is 2. The lowest BCUT2D eigenvalue weighted by molar-refractivity contribution is 0.100. The van der Waals surface area contributed by atoms with Gasteiger partial charge in [-0.25, -0.2) is 13.1 Å². The lowest BCUT2D eigenvalue weighted by Gasteiger charge is -2.26. The fourth-order valence-corrected chi connectivity index (χ4v) is 4.45. The van der Waals surface area contributed by atoms with Crippen molar-refractivity contribution in [2.24, 2.45) is 17.6 Å². The van der Waals surface area contributed by atoms with Crippen LogP contribution < -0.4 is 10.5 Å². The Balaban J connectivity index is 2.61. The molecule has 6 nitrogen and oxygen atoms in total. The van der Waals surface area contributed by atoms with E-state index in [2.05, 4.69) is 37.3 Å². The van der Waals surface area contributed by atoms with Crippen molar-refractivity contribution in [3.63, 3.8) is 0 Å². The van der Waals surface area contributed by atoms with Gasteiger partial charge in [0.05, 0.1) is 9.77 Å². The first-order valence-electron chi connectivity index (χ1n) is 7.72. The molecule has 0 unspecified atom stereocenters. The van der Waals surface area contributed by atoms with Gasteiger partial charge < -0.3 is 10.6 Å². The predicted molar refractivity (Wildman–Crippen MR) is 94.1 cm³/mol. The third-order valence-electron chi connectivity index (χ3n) is 3.10. The highest BCUT2D eigenvalue weighted by Crippen LogP contribution is 2.18. The zero-order valence-corrected chi connectivity index (χ0v) is 15.8. The van der Waals surface area contributed by atoms with Gasteiger partial charge in [0, 0.05) is 31.6 Å². The summed E-state index contributed by atoms with van der Waals surface area (Å²) in [6.45, 7) is 11.4. The van der Waals surface area contributed by atoms with Crippen LogP contribution in [0.4, 0.5) is 0 Å². The van der Waals surface area contributed by atoms with Crippen LogP contribution in [0, 0.1) is 11.8 Å². The van der Waals surface area contributed by atoms with Crippen LogP contribution in [0.15, 0.2) is 16.3 Å². The number of primary amides is 1. The number of hydrogen-bond acceptors (Lipinski definition) is 5. The van der Waals surface area contributed by atoms with Crippen molar-refractivity contribution >= 4 is 27.3 Å². The van der Waals surface area contributed by atoms with Gasteiger partial charge in [-0.15, -0.1) is 11.3 Å². The highest BCUT2D eigenvalue weighted by Gasteiger charge is 2.18. The molecular weight excluding hydrogens is 334 g/mol. The molecule has 1 amide bonds. The number of nitrogens with zero attached hydrogens (tertiary/aromatic N) is 1. The molecule has 0 fully saturated rings. The van der Waals surface area contributed by atoms with E-state index in [1.54, 1.807) is 0 Å². The summed E-state index contributed by atoms with van der Waals surface area (Å²) in [5, 5.41) is 1.43. The fourth-order valence-electron chi connectivity index (χ4n) is 2.30. The summed E-state index contributed by atoms with van der Waals surface area (Å²) in [5.41, 5.74) is 5.15. The summed E-state index contributed by atoms with van der Waals surface area (Å²) in [4.78, 5) is 13.7. The number of carbonyl (C=O) groups excluding carboxylic acids is 1. The van der Waals surface area contributed by atoms with Crippen LogP contribution in [-0.4, -0.2) is 45.4 Å². The standard InChI is InChI=1S/C15H27N3O3S2/c1-11(2)8-18(9-12(3)4)6-5-17-23(20,21)13-7-14(15(16)19)22-10-13/h7,10-12,17H,5-6,8-9H2,1-4H3,(H2,16,19). The van der Waals surface area contributed by atoms with E-state index in [1.807, 2.05) is 0 Å². The second-order valence-corrected chi connectivity index (χ2v) is 9.13. The Morgan fingerprint density at radius 2 is 1.83 bits per heavy atom. The van der Waals surface area contributed by atoms with Crippen LogP contribution in [0.3, 0.4) is 0 Å². The average molecular weight is 362 g/mol. The van der Waals surface area contributed by atoms with Crippen molar-refractivity contribution in [1.29, 1.82) is 0 Å². The molecule has 1 rings (SSSR count). The maximum Gasteiger partial charge on any atom is 0.258 e. The van der Waals surface area contributed by atoms with Crippen LogP contribution in [-0.2, 0) is 10.0 Å². The summed E-state index contributed by atoms with van der Waals surface area (Å²) < 4.78 is 27.0. The summed E-state index contributed by atoms with van der Waals surface area (Å²) in [6.07, 6.45) is 0. The second kappa shape index (κ2) is 8.77. The van der Waals surface area contributed by atoms with Crippen molar-refractivity contribution in [3.8, 4) is 0 Å². The van der Waals surface area contributed by atoms with E-state index in [1.165, 1.54) is 11.4 Å². The molecule has 0 radical (unpaired) electrons. The third kappa shape index (κ3) is 6.99. The Morgan fingerprint density at radius 3 is 2.26 bits per heavy atom. The quantitative estimate of drug-likeness (QED) is 0.664. The van der Waals surface area contributed by atoms with Crippen molar-refractivity contribution in [1.82, 2.24) is 9.62 Å². The predicted octanol–water partition coefficient (Wildman–Crippen LogP) is 1.74. The molecule has 132 valence electrons. The Labute approximate surface area is 143 Å². The number of sulfonamides is 1. The maximum absolute atomic E-state index is 12.2. The molecule has 0 bridgehead atoms. The van der Waals surface area contributed by atoms with Crippen LogP contribution in [0.1, 0.15) is 37.4 Å². The molecule has 0 spiro atoms. The number of thiophene rings is 1. The van der Waals surface area contributed by atoms with Crippen LogP contribution in [0.2, 0.25) is 0 Å². The van der Waals surface area contributed by atoms with Crippen molar-refractivity contribution in [2.45, 2.75) is 32.6 Å². The van der Waals surface area contributed by atoms with E-state index in [4.69, 9.17) is 5.73 Å². The van der Waals surface area contributed by atoms with Gasteiger partial charge in [0.1, 0.15) is 0 Å². The minimum absolute atomic E-state index is 0.0931. The number of rotatable bonds is 10. The monoisotopic (exact) mass is 361 g/mol. The second-order valence-electron chi connectivity index (χ2n) is 6.46. The molecule has 0 aliphatic rings. The zero-order chi connectivity index (χ0) is 17.6. The number of carbonyl (C=O) groups is 1. The smallest absolute Gasteiger partial charge is 0.258 e. The topological polar surface area (TPSA) is 92.5 Å². The molecule has 3 N–H and O–H groups in total. The molecule has 0 saturated carbocycles. The maximum atomic E-state index is 12.2. The van der Waals surface area contributed by atoms with Crippen LogP contribution in [0.5, 0.6) is 0 Å². The van der Waals surface area contributed by atoms with Crippen molar-refractivity contribution < 1.29 is 13.2 Å². The summed E-state index contributed by atoms with van der Waals surface area (Å²) in [5.74, 6) is 0.442. The van der Waals surface area contributed by atoms with E-state index in [0.29, 0.717) is 24.9 Å². The van der Waals surface area contributed by atoms with Gasteiger partial charge in [0.25, 0.3) is 5.91 Å². The normalized spacial score (nSPS) is 12.5. The van der Waals surface area contributed by atoms with Gasteiger partial charge in [-0.05, 0) is 17.9 Å². The molecule has 1 aromatic heterocycles. The van der Waals surface area contributed by atoms with E-state index in [0.717, 1.165) is 24.4 Å². The summed E-state index contributed by atoms with van der Waals surface area (Å²) >= 11 is 1.04. The Bertz CT molecular complexity index is 599. The molecule has 0 saturated heterocycles. The minimum Gasteiger partial charge on any atom is -0.365 e.